The van der Waals surface area contributed by atoms with Gasteiger partial charge in [-0.2, -0.15) is 5.26 Å². The number of anilines is 1. The number of esters is 1. The van der Waals surface area contributed by atoms with E-state index >= 15 is 0 Å². The van der Waals surface area contributed by atoms with Gasteiger partial charge in [-0.25, -0.2) is 9.18 Å². The highest BCUT2D eigenvalue weighted by Crippen LogP contribution is 2.29. The molecule has 7 heteroatoms. The molecule has 0 aliphatic carbocycles. The first-order valence-electron chi connectivity index (χ1n) is 8.34. The van der Waals surface area contributed by atoms with Gasteiger partial charge in [0.1, 0.15) is 16.8 Å². The van der Waals surface area contributed by atoms with E-state index in [9.17, 15) is 14.0 Å². The normalized spacial score (nSPS) is 11.3. The van der Waals surface area contributed by atoms with E-state index in [-0.39, 0.29) is 5.82 Å². The zero-order valence-corrected chi connectivity index (χ0v) is 15.6. The number of carbonyl (C=O) groups excluding carboxylic acids is 2. The van der Waals surface area contributed by atoms with Gasteiger partial charge in [-0.05, 0) is 48.9 Å². The summed E-state index contributed by atoms with van der Waals surface area (Å²) in [6, 6.07) is 17.8. The lowest BCUT2D eigenvalue weighted by Crippen LogP contribution is -2.30. The summed E-state index contributed by atoms with van der Waals surface area (Å²) in [7, 11) is 0. The van der Waals surface area contributed by atoms with Gasteiger partial charge in [-0.15, -0.1) is 11.3 Å². The number of amides is 1. The molecule has 1 N–H and O–H groups in total. The third-order valence-corrected chi connectivity index (χ3v) is 5.01. The van der Waals surface area contributed by atoms with E-state index in [0.29, 0.717) is 16.1 Å². The maximum Gasteiger partial charge on any atom is 0.349 e. The van der Waals surface area contributed by atoms with Gasteiger partial charge in [0, 0.05) is 4.88 Å². The summed E-state index contributed by atoms with van der Waals surface area (Å²) in [4.78, 5) is 25.7. The van der Waals surface area contributed by atoms with E-state index in [1.54, 1.807) is 48.5 Å². The number of hydrogen-bond donors (Lipinski definition) is 1. The number of ether oxygens (including phenoxy) is 1. The highest BCUT2D eigenvalue weighted by Gasteiger charge is 2.21. The van der Waals surface area contributed by atoms with Gasteiger partial charge in [-0.3, -0.25) is 4.79 Å². The van der Waals surface area contributed by atoms with Crippen LogP contribution in [0.3, 0.4) is 0 Å². The Morgan fingerprint density at radius 1 is 1.11 bits per heavy atom. The van der Waals surface area contributed by atoms with Gasteiger partial charge < -0.3 is 10.1 Å². The third-order valence-electron chi connectivity index (χ3n) is 3.89. The number of para-hydroxylation sites is 1. The summed E-state index contributed by atoms with van der Waals surface area (Å²) in [5, 5.41) is 11.7. The molecule has 140 valence electrons. The second kappa shape index (κ2) is 8.46. The molecule has 28 heavy (non-hydrogen) atoms. The number of nitrogens with one attached hydrogen (secondary N) is 1. The van der Waals surface area contributed by atoms with Crippen LogP contribution in [0.4, 0.5) is 10.1 Å². The minimum atomic E-state index is -1.05. The van der Waals surface area contributed by atoms with E-state index in [4.69, 9.17) is 10.00 Å². The molecular formula is C21H15FN2O3S. The second-order valence-corrected chi connectivity index (χ2v) is 6.95. The zero-order valence-electron chi connectivity index (χ0n) is 14.8. The van der Waals surface area contributed by atoms with Gasteiger partial charge in [-0.1, -0.05) is 24.3 Å². The average molecular weight is 394 g/mol. The molecule has 3 rings (SSSR count). The van der Waals surface area contributed by atoms with Gasteiger partial charge in [0.2, 0.25) is 0 Å². The molecule has 3 aromatic rings. The van der Waals surface area contributed by atoms with Crippen molar-refractivity contribution in [1.82, 2.24) is 0 Å². The van der Waals surface area contributed by atoms with Gasteiger partial charge in [0.25, 0.3) is 5.91 Å². The highest BCUT2D eigenvalue weighted by atomic mass is 32.1. The highest BCUT2D eigenvalue weighted by molar-refractivity contribution is 7.17. The number of hydrogen-bond acceptors (Lipinski definition) is 5. The van der Waals surface area contributed by atoms with Crippen LogP contribution in [0.15, 0.2) is 60.7 Å². The average Bonchev–Trinajstić information content (AvgIpc) is 3.19. The molecule has 0 saturated heterocycles. The van der Waals surface area contributed by atoms with Crippen molar-refractivity contribution in [2.75, 3.05) is 5.32 Å². The monoisotopic (exact) mass is 394 g/mol. The van der Waals surface area contributed by atoms with E-state index in [0.717, 1.165) is 10.4 Å². The quantitative estimate of drug-likeness (QED) is 0.641. The third kappa shape index (κ3) is 4.42. The Hall–Kier alpha value is -3.50. The summed E-state index contributed by atoms with van der Waals surface area (Å²) < 4.78 is 18.3. The lowest BCUT2D eigenvalue weighted by atomic mass is 10.2. The summed E-state index contributed by atoms with van der Waals surface area (Å²) in [5.74, 6) is -1.50. The SMILES string of the molecule is CC(OC(=O)c1ccc(-c2ccc(F)cc2)s1)C(=O)Nc1ccccc1C#N. The largest absolute Gasteiger partial charge is 0.448 e. The van der Waals surface area contributed by atoms with Crippen molar-refractivity contribution < 1.29 is 18.7 Å². The van der Waals surface area contributed by atoms with E-state index in [1.807, 2.05) is 6.07 Å². The van der Waals surface area contributed by atoms with Crippen LogP contribution in [0.2, 0.25) is 0 Å². The molecule has 0 aliphatic rings. The molecule has 1 unspecified atom stereocenters. The Kier molecular flexibility index (Phi) is 5.82. The van der Waals surface area contributed by atoms with Gasteiger partial charge in [0.05, 0.1) is 11.3 Å². The van der Waals surface area contributed by atoms with Crippen molar-refractivity contribution in [3.8, 4) is 16.5 Å². The Balaban J connectivity index is 1.65. The zero-order chi connectivity index (χ0) is 20.1. The van der Waals surface area contributed by atoms with E-state index in [1.165, 1.54) is 30.4 Å². The Morgan fingerprint density at radius 2 is 1.82 bits per heavy atom. The number of benzene rings is 2. The number of rotatable bonds is 5. The van der Waals surface area contributed by atoms with Crippen molar-refractivity contribution in [2.24, 2.45) is 0 Å². The Labute approximate surface area is 165 Å². The van der Waals surface area contributed by atoms with Crippen molar-refractivity contribution in [1.29, 1.82) is 5.26 Å². The van der Waals surface area contributed by atoms with E-state index < -0.39 is 18.0 Å². The van der Waals surface area contributed by atoms with Gasteiger partial charge in [0.15, 0.2) is 6.10 Å². The smallest absolute Gasteiger partial charge is 0.349 e. The fourth-order valence-electron chi connectivity index (χ4n) is 2.41. The molecule has 0 bridgehead atoms. The number of nitrogens with zero attached hydrogens (tertiary/aromatic N) is 1. The minimum Gasteiger partial charge on any atom is -0.448 e. The molecule has 0 saturated carbocycles. The molecule has 2 aromatic carbocycles. The fraction of sp³-hybridized carbons (Fsp3) is 0.0952. The molecule has 0 spiro atoms. The first-order chi connectivity index (χ1) is 13.5. The van der Waals surface area contributed by atoms with Gasteiger partial charge >= 0.3 is 5.97 Å². The van der Waals surface area contributed by atoms with Crippen molar-refractivity contribution in [2.45, 2.75) is 13.0 Å². The molecule has 1 heterocycles. The van der Waals surface area contributed by atoms with Crippen LogP contribution in [-0.2, 0) is 9.53 Å². The predicted octanol–water partition coefficient (Wildman–Crippen LogP) is 4.61. The molecule has 1 atom stereocenters. The molecule has 1 amide bonds. The number of nitriles is 1. The Bertz CT molecular complexity index is 1050. The molecule has 0 radical (unpaired) electrons. The van der Waals surface area contributed by atoms with E-state index in [2.05, 4.69) is 5.32 Å². The van der Waals surface area contributed by atoms with Crippen LogP contribution in [-0.4, -0.2) is 18.0 Å². The minimum absolute atomic E-state index is 0.316. The number of halogens is 1. The van der Waals surface area contributed by atoms with Crippen LogP contribution in [0.1, 0.15) is 22.2 Å². The standard InChI is InChI=1S/C21H15FN2O3S/c1-13(20(25)24-17-5-3-2-4-15(17)12-23)27-21(26)19-11-10-18(28-19)14-6-8-16(22)9-7-14/h2-11,13H,1H3,(H,24,25). The lowest BCUT2D eigenvalue weighted by molar-refractivity contribution is -0.123. The van der Waals surface area contributed by atoms with Crippen LogP contribution in [0.25, 0.3) is 10.4 Å². The van der Waals surface area contributed by atoms with Crippen LogP contribution < -0.4 is 5.32 Å². The molecule has 5 nitrogen and oxygen atoms in total. The van der Waals surface area contributed by atoms with Crippen molar-refractivity contribution in [3.63, 3.8) is 0 Å². The molecular weight excluding hydrogens is 379 g/mol. The van der Waals surface area contributed by atoms with Crippen molar-refractivity contribution >= 4 is 28.9 Å². The van der Waals surface area contributed by atoms with Crippen LogP contribution in [0, 0.1) is 17.1 Å². The maximum absolute atomic E-state index is 13.0. The fourth-order valence-corrected chi connectivity index (χ4v) is 3.31. The molecule has 1 aromatic heterocycles. The number of thiophene rings is 1. The Morgan fingerprint density at radius 3 is 2.54 bits per heavy atom. The summed E-state index contributed by atoms with van der Waals surface area (Å²) in [5.41, 5.74) is 1.45. The molecule has 0 fully saturated rings. The maximum atomic E-state index is 13.0. The molecule has 0 aliphatic heterocycles. The first-order valence-corrected chi connectivity index (χ1v) is 9.16. The summed E-state index contributed by atoms with van der Waals surface area (Å²) in [6.45, 7) is 1.46. The van der Waals surface area contributed by atoms with Crippen LogP contribution in [0.5, 0.6) is 0 Å². The summed E-state index contributed by atoms with van der Waals surface area (Å²) in [6.07, 6.45) is -1.05. The lowest BCUT2D eigenvalue weighted by Gasteiger charge is -2.13. The summed E-state index contributed by atoms with van der Waals surface area (Å²) >= 11 is 1.19. The number of carbonyl (C=O) groups is 2. The predicted molar refractivity (Wildman–Crippen MR) is 104 cm³/mol. The second-order valence-electron chi connectivity index (χ2n) is 5.86. The van der Waals surface area contributed by atoms with Crippen molar-refractivity contribution in [3.05, 3.63) is 76.9 Å². The topological polar surface area (TPSA) is 79.2 Å². The first kappa shape index (κ1) is 19.3. The van der Waals surface area contributed by atoms with Crippen LogP contribution >= 0.6 is 11.3 Å².